The van der Waals surface area contributed by atoms with Crippen LogP contribution in [0.15, 0.2) is 46.9 Å². The van der Waals surface area contributed by atoms with E-state index in [0.29, 0.717) is 15.6 Å². The van der Waals surface area contributed by atoms with E-state index in [1.54, 1.807) is 43.3 Å². The van der Waals surface area contributed by atoms with E-state index in [1.165, 1.54) is 6.07 Å². The molecule has 2 rings (SSSR count). The van der Waals surface area contributed by atoms with Crippen LogP contribution in [0.3, 0.4) is 0 Å². The van der Waals surface area contributed by atoms with Gasteiger partial charge in [0.25, 0.3) is 0 Å². The number of carboxylic acid groups (broad SMARTS) is 1. The van der Waals surface area contributed by atoms with Crippen molar-refractivity contribution in [3.05, 3.63) is 58.3 Å². The molecule has 0 heterocycles. The Hall–Kier alpha value is -1.68. The highest BCUT2D eigenvalue weighted by molar-refractivity contribution is 9.10. The van der Waals surface area contributed by atoms with E-state index in [-0.39, 0.29) is 5.82 Å². The van der Waals surface area contributed by atoms with Gasteiger partial charge in [0.2, 0.25) is 0 Å². The molecule has 0 spiro atoms. The highest BCUT2D eigenvalue weighted by atomic mass is 79.9. The Morgan fingerprint density at radius 1 is 1.21 bits per heavy atom. The Kier molecular flexibility index (Phi) is 4.00. The zero-order valence-corrected chi connectivity index (χ0v) is 11.8. The van der Waals surface area contributed by atoms with E-state index in [1.807, 2.05) is 0 Å². The summed E-state index contributed by atoms with van der Waals surface area (Å²) in [5, 5.41) is 8.93. The van der Waals surface area contributed by atoms with Crippen molar-refractivity contribution in [3.63, 3.8) is 0 Å². The third-order valence-corrected chi connectivity index (χ3v) is 3.52. The fourth-order valence-electron chi connectivity index (χ4n) is 1.82. The fraction of sp³-hybridized carbons (Fsp3) is 0.133. The van der Waals surface area contributed by atoms with Crippen molar-refractivity contribution in [2.75, 3.05) is 0 Å². The lowest BCUT2D eigenvalue weighted by Gasteiger charge is -2.08. The van der Waals surface area contributed by atoms with Gasteiger partial charge in [0.05, 0.1) is 5.92 Å². The topological polar surface area (TPSA) is 37.3 Å². The number of benzene rings is 2. The van der Waals surface area contributed by atoms with Crippen LogP contribution in [0, 0.1) is 5.82 Å². The van der Waals surface area contributed by atoms with Gasteiger partial charge in [-0.05, 0) is 30.2 Å². The van der Waals surface area contributed by atoms with Crippen molar-refractivity contribution in [1.29, 1.82) is 0 Å². The SMILES string of the molecule is CC(C(=O)O)c1ccc(-c2ccc(Br)cc2F)cc1. The Labute approximate surface area is 119 Å². The van der Waals surface area contributed by atoms with E-state index in [9.17, 15) is 9.18 Å². The maximum Gasteiger partial charge on any atom is 0.310 e. The molecule has 19 heavy (non-hydrogen) atoms. The number of halogens is 2. The summed E-state index contributed by atoms with van der Waals surface area (Å²) in [7, 11) is 0. The van der Waals surface area contributed by atoms with Gasteiger partial charge in [0.1, 0.15) is 5.82 Å². The quantitative estimate of drug-likeness (QED) is 0.906. The first-order valence-corrected chi connectivity index (χ1v) is 6.56. The van der Waals surface area contributed by atoms with Crippen molar-refractivity contribution >= 4 is 21.9 Å². The van der Waals surface area contributed by atoms with Crippen molar-refractivity contribution in [3.8, 4) is 11.1 Å². The van der Waals surface area contributed by atoms with Gasteiger partial charge in [-0.1, -0.05) is 46.3 Å². The highest BCUT2D eigenvalue weighted by Gasteiger charge is 2.13. The van der Waals surface area contributed by atoms with Crippen LogP contribution in [0.1, 0.15) is 18.4 Å². The van der Waals surface area contributed by atoms with E-state index in [0.717, 1.165) is 5.56 Å². The predicted octanol–water partition coefficient (Wildman–Crippen LogP) is 4.44. The second-order valence-electron chi connectivity index (χ2n) is 4.31. The van der Waals surface area contributed by atoms with Gasteiger partial charge >= 0.3 is 5.97 Å². The summed E-state index contributed by atoms with van der Waals surface area (Å²) >= 11 is 3.21. The molecule has 0 bridgehead atoms. The van der Waals surface area contributed by atoms with Crippen LogP contribution in [-0.2, 0) is 4.79 Å². The summed E-state index contributed by atoms with van der Waals surface area (Å²) < 4.78 is 14.5. The maximum absolute atomic E-state index is 13.8. The first-order valence-electron chi connectivity index (χ1n) is 5.77. The molecule has 2 aromatic carbocycles. The molecule has 98 valence electrons. The lowest BCUT2D eigenvalue weighted by Crippen LogP contribution is -2.06. The molecule has 2 nitrogen and oxygen atoms in total. The lowest BCUT2D eigenvalue weighted by atomic mass is 9.97. The highest BCUT2D eigenvalue weighted by Crippen LogP contribution is 2.27. The monoisotopic (exact) mass is 322 g/mol. The number of hydrogen-bond acceptors (Lipinski definition) is 1. The number of carbonyl (C=O) groups is 1. The summed E-state index contributed by atoms with van der Waals surface area (Å²) in [6, 6.07) is 11.8. The molecule has 1 unspecified atom stereocenters. The average molecular weight is 323 g/mol. The number of aliphatic carboxylic acids is 1. The normalized spacial score (nSPS) is 12.2. The molecule has 0 radical (unpaired) electrons. The van der Waals surface area contributed by atoms with E-state index < -0.39 is 11.9 Å². The van der Waals surface area contributed by atoms with Crippen LogP contribution in [-0.4, -0.2) is 11.1 Å². The first-order chi connectivity index (χ1) is 8.99. The molecule has 0 amide bonds. The molecule has 0 fully saturated rings. The molecule has 0 aromatic heterocycles. The third-order valence-electron chi connectivity index (χ3n) is 3.02. The Bertz CT molecular complexity index is 608. The van der Waals surface area contributed by atoms with Crippen molar-refractivity contribution in [1.82, 2.24) is 0 Å². The van der Waals surface area contributed by atoms with Gasteiger partial charge in [-0.2, -0.15) is 0 Å². The molecule has 4 heteroatoms. The first kappa shape index (κ1) is 13.7. The lowest BCUT2D eigenvalue weighted by molar-refractivity contribution is -0.138. The second kappa shape index (κ2) is 5.53. The van der Waals surface area contributed by atoms with Crippen LogP contribution >= 0.6 is 15.9 Å². The largest absolute Gasteiger partial charge is 0.481 e. The summed E-state index contributed by atoms with van der Waals surface area (Å²) in [6.07, 6.45) is 0. The molecule has 0 aliphatic carbocycles. The van der Waals surface area contributed by atoms with Gasteiger partial charge < -0.3 is 5.11 Å². The molecule has 0 saturated carbocycles. The van der Waals surface area contributed by atoms with Gasteiger partial charge in [0, 0.05) is 10.0 Å². The molecule has 2 aromatic rings. The van der Waals surface area contributed by atoms with Crippen molar-refractivity contribution in [2.45, 2.75) is 12.8 Å². The van der Waals surface area contributed by atoms with E-state index in [4.69, 9.17) is 5.11 Å². The van der Waals surface area contributed by atoms with E-state index >= 15 is 0 Å². The number of rotatable bonds is 3. The molecule has 0 aliphatic heterocycles. The minimum Gasteiger partial charge on any atom is -0.481 e. The molecular weight excluding hydrogens is 311 g/mol. The molecule has 0 saturated heterocycles. The summed E-state index contributed by atoms with van der Waals surface area (Å²) in [6.45, 7) is 1.62. The molecule has 1 N–H and O–H groups in total. The van der Waals surface area contributed by atoms with Crippen LogP contribution in [0.4, 0.5) is 4.39 Å². The zero-order valence-electron chi connectivity index (χ0n) is 10.2. The number of hydrogen-bond donors (Lipinski definition) is 1. The second-order valence-corrected chi connectivity index (χ2v) is 5.22. The summed E-state index contributed by atoms with van der Waals surface area (Å²) in [5.41, 5.74) is 1.93. The average Bonchev–Trinajstić information content (AvgIpc) is 2.38. The van der Waals surface area contributed by atoms with Gasteiger partial charge in [-0.3, -0.25) is 4.79 Å². The summed E-state index contributed by atoms with van der Waals surface area (Å²) in [4.78, 5) is 10.9. The molecular formula is C15H12BrFO2. The Morgan fingerprint density at radius 3 is 2.37 bits per heavy atom. The number of carboxylic acids is 1. The van der Waals surface area contributed by atoms with Crippen LogP contribution in [0.2, 0.25) is 0 Å². The van der Waals surface area contributed by atoms with Gasteiger partial charge in [0.15, 0.2) is 0 Å². The molecule has 0 aliphatic rings. The van der Waals surface area contributed by atoms with Gasteiger partial charge in [-0.25, -0.2) is 4.39 Å². The van der Waals surface area contributed by atoms with Crippen molar-refractivity contribution < 1.29 is 14.3 Å². The van der Waals surface area contributed by atoms with Crippen LogP contribution in [0.5, 0.6) is 0 Å². The zero-order chi connectivity index (χ0) is 14.0. The molecule has 1 atom stereocenters. The van der Waals surface area contributed by atoms with Crippen LogP contribution in [0.25, 0.3) is 11.1 Å². The minimum absolute atomic E-state index is 0.312. The smallest absolute Gasteiger partial charge is 0.310 e. The Morgan fingerprint density at radius 2 is 1.84 bits per heavy atom. The minimum atomic E-state index is -0.873. The maximum atomic E-state index is 13.8. The Balaban J connectivity index is 2.35. The summed E-state index contributed by atoms with van der Waals surface area (Å²) in [5.74, 6) is -1.75. The van der Waals surface area contributed by atoms with Crippen molar-refractivity contribution in [2.24, 2.45) is 0 Å². The van der Waals surface area contributed by atoms with E-state index in [2.05, 4.69) is 15.9 Å². The fourth-order valence-corrected chi connectivity index (χ4v) is 2.15. The predicted molar refractivity (Wildman–Crippen MR) is 75.6 cm³/mol. The van der Waals surface area contributed by atoms with Gasteiger partial charge in [-0.15, -0.1) is 0 Å². The third kappa shape index (κ3) is 3.01. The van der Waals surface area contributed by atoms with Crippen LogP contribution < -0.4 is 0 Å². The standard InChI is InChI=1S/C15H12BrFO2/c1-9(15(18)19)10-2-4-11(5-3-10)13-7-6-12(16)8-14(13)17/h2-9H,1H3,(H,18,19).